The van der Waals surface area contributed by atoms with Crippen LogP contribution in [0.2, 0.25) is 0 Å². The molecule has 0 fully saturated rings. The summed E-state index contributed by atoms with van der Waals surface area (Å²) < 4.78 is 91.4. The second-order valence-electron chi connectivity index (χ2n) is 6.91. The van der Waals surface area contributed by atoms with Crippen molar-refractivity contribution >= 4 is 23.1 Å². The van der Waals surface area contributed by atoms with Crippen molar-refractivity contribution in [2.45, 2.75) is 30.6 Å². The fourth-order valence-electron chi connectivity index (χ4n) is 3.19. The Labute approximate surface area is 176 Å². The summed E-state index contributed by atoms with van der Waals surface area (Å²) in [6, 6.07) is 6.89. The number of phenols is 1. The average molecular weight is 460 g/mol. The number of benzene rings is 2. The summed E-state index contributed by atoms with van der Waals surface area (Å²) in [5.74, 6) is -19.0. The number of hydrogen-bond donors (Lipinski definition) is 2. The fraction of sp³-hybridized carbons (Fsp3) is 0.238. The van der Waals surface area contributed by atoms with Crippen molar-refractivity contribution in [3.8, 4) is 11.5 Å². The van der Waals surface area contributed by atoms with Gasteiger partial charge in [0.2, 0.25) is 0 Å². The Morgan fingerprint density at radius 3 is 1.62 bits per heavy atom. The van der Waals surface area contributed by atoms with Crippen molar-refractivity contribution in [1.82, 2.24) is 0 Å². The van der Waals surface area contributed by atoms with Crippen LogP contribution in [-0.4, -0.2) is 39.9 Å². The first-order chi connectivity index (χ1) is 14.8. The summed E-state index contributed by atoms with van der Waals surface area (Å²) in [6.07, 6.45) is -1.00. The minimum Gasteiger partial charge on any atom is -0.508 e. The van der Waals surface area contributed by atoms with Crippen molar-refractivity contribution < 1.29 is 50.9 Å². The maximum atomic E-state index is 14.6. The van der Waals surface area contributed by atoms with Crippen LogP contribution in [0.3, 0.4) is 0 Å². The lowest BCUT2D eigenvalue weighted by Gasteiger charge is -2.25. The minimum atomic E-state index is -5.73. The Morgan fingerprint density at radius 2 is 1.19 bits per heavy atom. The molecule has 3 rings (SSSR count). The summed E-state index contributed by atoms with van der Waals surface area (Å²) in [7, 11) is 0. The molecule has 1 aliphatic carbocycles. The summed E-state index contributed by atoms with van der Waals surface area (Å²) in [4.78, 5) is 22.0. The smallest absolute Gasteiger partial charge is 0.380 e. The number of aliphatic carboxylic acids is 1. The van der Waals surface area contributed by atoms with Gasteiger partial charge in [-0.2, -0.15) is 26.3 Å². The summed E-state index contributed by atoms with van der Waals surface area (Å²) in [5, 5.41) is 17.8. The molecule has 0 bridgehead atoms. The molecule has 0 aromatic heterocycles. The molecule has 5 nitrogen and oxygen atoms in total. The molecule has 0 atom stereocenters. The number of halogens is 6. The summed E-state index contributed by atoms with van der Waals surface area (Å²) >= 11 is 0. The number of rotatable bonds is 6. The molecule has 2 aromatic carbocycles. The number of carboxylic acid groups (broad SMARTS) is 1. The molecule has 0 unspecified atom stereocenters. The lowest BCUT2D eigenvalue weighted by Crippen LogP contribution is -2.48. The van der Waals surface area contributed by atoms with E-state index >= 15 is 0 Å². The Kier molecular flexibility index (Phi) is 5.71. The van der Waals surface area contributed by atoms with Crippen LogP contribution in [0.25, 0.3) is 11.1 Å². The standard InChI is InChI=1S/C21H14F6O5/c22-19(23)17(11-1-5-13(28)6-2-11)18(20(24,25)21(19,26)27)12-3-7-14(8-4-12)32-16(31)10-9-15(29)30/h1-8,28H,9-10H2,(H,29,30). The SMILES string of the molecule is O=C(O)CCC(=O)Oc1ccc(C2=C(c3ccc(O)cc3)C(F)(F)C(F)(F)C2(F)F)cc1. The summed E-state index contributed by atoms with van der Waals surface area (Å²) in [6.45, 7) is 0. The maximum absolute atomic E-state index is 14.6. The molecular weight excluding hydrogens is 446 g/mol. The lowest BCUT2D eigenvalue weighted by molar-refractivity contribution is -0.254. The number of esters is 1. The van der Waals surface area contributed by atoms with Gasteiger partial charge in [-0.3, -0.25) is 9.59 Å². The van der Waals surface area contributed by atoms with E-state index in [4.69, 9.17) is 9.84 Å². The van der Waals surface area contributed by atoms with Crippen molar-refractivity contribution in [2.24, 2.45) is 0 Å². The number of ether oxygens (including phenoxy) is 1. The molecule has 0 saturated carbocycles. The number of carbonyl (C=O) groups excluding carboxylic acids is 1. The molecule has 0 radical (unpaired) electrons. The minimum absolute atomic E-state index is 0.226. The number of alkyl halides is 6. The molecule has 11 heteroatoms. The van der Waals surface area contributed by atoms with Gasteiger partial charge in [0.15, 0.2) is 0 Å². The molecule has 0 heterocycles. The van der Waals surface area contributed by atoms with Crippen molar-refractivity contribution in [2.75, 3.05) is 0 Å². The van der Waals surface area contributed by atoms with Crippen LogP contribution in [0.4, 0.5) is 26.3 Å². The number of hydrogen-bond acceptors (Lipinski definition) is 4. The van der Waals surface area contributed by atoms with E-state index < -0.39 is 64.8 Å². The number of carbonyl (C=O) groups is 2. The largest absolute Gasteiger partial charge is 0.508 e. The van der Waals surface area contributed by atoms with E-state index in [1.807, 2.05) is 0 Å². The van der Waals surface area contributed by atoms with Gasteiger partial charge in [-0.15, -0.1) is 0 Å². The van der Waals surface area contributed by atoms with Gasteiger partial charge in [0.25, 0.3) is 0 Å². The van der Waals surface area contributed by atoms with Gasteiger partial charge in [0, 0.05) is 11.1 Å². The second-order valence-corrected chi connectivity index (χ2v) is 6.91. The third-order valence-corrected chi connectivity index (χ3v) is 4.74. The highest BCUT2D eigenvalue weighted by molar-refractivity contribution is 6.01. The first-order valence-corrected chi connectivity index (χ1v) is 9.00. The van der Waals surface area contributed by atoms with E-state index in [-0.39, 0.29) is 11.5 Å². The molecule has 2 aromatic rings. The van der Waals surface area contributed by atoms with Gasteiger partial charge in [-0.25, -0.2) is 0 Å². The van der Waals surface area contributed by atoms with Gasteiger partial charge < -0.3 is 14.9 Å². The van der Waals surface area contributed by atoms with Crippen LogP contribution in [-0.2, 0) is 9.59 Å². The Morgan fingerprint density at radius 1 is 0.750 bits per heavy atom. The van der Waals surface area contributed by atoms with E-state index in [1.165, 1.54) is 0 Å². The van der Waals surface area contributed by atoms with E-state index in [1.54, 1.807) is 0 Å². The topological polar surface area (TPSA) is 83.8 Å². The van der Waals surface area contributed by atoms with E-state index in [9.17, 15) is 41.0 Å². The monoisotopic (exact) mass is 460 g/mol. The van der Waals surface area contributed by atoms with E-state index in [2.05, 4.69) is 0 Å². The third kappa shape index (κ3) is 3.78. The zero-order valence-corrected chi connectivity index (χ0v) is 15.9. The van der Waals surface area contributed by atoms with Crippen LogP contribution >= 0.6 is 0 Å². The average Bonchev–Trinajstić information content (AvgIpc) is 2.82. The third-order valence-electron chi connectivity index (χ3n) is 4.74. The molecule has 32 heavy (non-hydrogen) atoms. The molecule has 2 N–H and O–H groups in total. The van der Waals surface area contributed by atoms with Crippen molar-refractivity contribution in [3.05, 3.63) is 59.7 Å². The van der Waals surface area contributed by atoms with Gasteiger partial charge in [-0.1, -0.05) is 24.3 Å². The molecular formula is C21H14F6O5. The van der Waals surface area contributed by atoms with Crippen LogP contribution < -0.4 is 4.74 Å². The van der Waals surface area contributed by atoms with Gasteiger partial charge >= 0.3 is 29.7 Å². The lowest BCUT2D eigenvalue weighted by atomic mass is 9.95. The Bertz CT molecular complexity index is 1070. The number of aromatic hydroxyl groups is 1. The zero-order valence-electron chi connectivity index (χ0n) is 15.9. The zero-order chi connectivity index (χ0) is 23.9. The first kappa shape index (κ1) is 23.2. The number of phenolic OH excluding ortho intramolecular Hbond substituents is 1. The number of carboxylic acids is 1. The van der Waals surface area contributed by atoms with Crippen LogP contribution in [0, 0.1) is 0 Å². The highest BCUT2D eigenvalue weighted by Gasteiger charge is 2.80. The van der Waals surface area contributed by atoms with Gasteiger partial charge in [-0.05, 0) is 35.4 Å². The Hall–Kier alpha value is -3.50. The fourth-order valence-corrected chi connectivity index (χ4v) is 3.19. The predicted molar refractivity (Wildman–Crippen MR) is 98.7 cm³/mol. The van der Waals surface area contributed by atoms with Crippen molar-refractivity contribution in [3.63, 3.8) is 0 Å². The highest BCUT2D eigenvalue weighted by Crippen LogP contribution is 2.64. The molecule has 1 aliphatic rings. The molecule has 0 aliphatic heterocycles. The highest BCUT2D eigenvalue weighted by atomic mass is 19.3. The molecule has 0 amide bonds. The molecule has 170 valence electrons. The van der Waals surface area contributed by atoms with Crippen LogP contribution in [0.15, 0.2) is 48.5 Å². The Balaban J connectivity index is 2.05. The molecule has 0 spiro atoms. The van der Waals surface area contributed by atoms with E-state index in [0.29, 0.717) is 0 Å². The van der Waals surface area contributed by atoms with E-state index in [0.717, 1.165) is 48.5 Å². The number of allylic oxidation sites excluding steroid dienone is 2. The molecule has 0 saturated heterocycles. The predicted octanol–water partition coefficient (Wildman–Crippen LogP) is 4.99. The maximum Gasteiger partial charge on any atom is 0.380 e. The van der Waals surface area contributed by atoms with Crippen LogP contribution in [0.1, 0.15) is 24.0 Å². The van der Waals surface area contributed by atoms with Gasteiger partial charge in [0.1, 0.15) is 11.5 Å². The quantitative estimate of drug-likeness (QED) is 0.361. The van der Waals surface area contributed by atoms with Crippen molar-refractivity contribution in [1.29, 1.82) is 0 Å². The normalized spacial score (nSPS) is 18.4. The second kappa shape index (κ2) is 7.88. The first-order valence-electron chi connectivity index (χ1n) is 9.00. The van der Waals surface area contributed by atoms with Gasteiger partial charge in [0.05, 0.1) is 12.8 Å². The summed E-state index contributed by atoms with van der Waals surface area (Å²) in [5.41, 5.74) is -4.51. The van der Waals surface area contributed by atoms with Crippen LogP contribution in [0.5, 0.6) is 11.5 Å².